The summed E-state index contributed by atoms with van der Waals surface area (Å²) in [6, 6.07) is 0. The Balaban J connectivity index is 3.70. The largest absolute Gasteiger partial charge is 0.267 e. The Labute approximate surface area is 69.5 Å². The highest BCUT2D eigenvalue weighted by atomic mass is 14.7. The maximum atomic E-state index is 4.09. The number of nitrogens with zero attached hydrogens (tertiary/aromatic N) is 1. The van der Waals surface area contributed by atoms with E-state index in [1.807, 2.05) is 20.1 Å². The van der Waals surface area contributed by atoms with Gasteiger partial charge in [0.05, 0.1) is 0 Å². The fraction of sp³-hybridized carbons (Fsp3) is 0.500. The molecule has 62 valence electrons. The Hall–Kier alpha value is -0.850. The number of allylic oxidation sites excluding steroid dienone is 2. The van der Waals surface area contributed by atoms with Gasteiger partial charge in [0.25, 0.3) is 0 Å². The molecule has 0 heterocycles. The second-order valence-corrected chi connectivity index (χ2v) is 3.03. The average Bonchev–Trinajstić information content (AvgIpc) is 1.86. The third kappa shape index (κ3) is 5.59. The van der Waals surface area contributed by atoms with Crippen molar-refractivity contribution in [2.45, 2.75) is 27.2 Å². The summed E-state index contributed by atoms with van der Waals surface area (Å²) in [7, 11) is 0. The molecular weight excluding hydrogens is 134 g/mol. The maximum absolute atomic E-state index is 4.09. The molecule has 0 rings (SSSR count). The lowest BCUT2D eigenvalue weighted by molar-refractivity contribution is 0.725. The van der Waals surface area contributed by atoms with Crippen LogP contribution >= 0.6 is 0 Å². The Kier molecular flexibility index (Phi) is 4.51. The van der Waals surface area contributed by atoms with E-state index in [2.05, 4.69) is 25.1 Å². The molecule has 0 aromatic rings. The molecule has 0 amide bonds. The first-order valence-electron chi connectivity index (χ1n) is 3.87. The molecule has 0 fully saturated rings. The Morgan fingerprint density at radius 3 is 2.36 bits per heavy atom. The number of aliphatic imine (C=N–C) groups is 1. The predicted molar refractivity (Wildman–Crippen MR) is 51.9 cm³/mol. The van der Waals surface area contributed by atoms with Gasteiger partial charge in [0.1, 0.15) is 0 Å². The van der Waals surface area contributed by atoms with Crippen LogP contribution in [0.4, 0.5) is 0 Å². The van der Waals surface area contributed by atoms with Gasteiger partial charge in [-0.05, 0) is 26.2 Å². The maximum Gasteiger partial charge on any atom is 0.0297 e. The van der Waals surface area contributed by atoms with E-state index >= 15 is 0 Å². The van der Waals surface area contributed by atoms with Gasteiger partial charge < -0.3 is 0 Å². The first kappa shape index (κ1) is 10.2. The highest BCUT2D eigenvalue weighted by Gasteiger charge is 1.98. The van der Waals surface area contributed by atoms with Crippen LogP contribution < -0.4 is 0 Å². The lowest BCUT2D eigenvalue weighted by Crippen LogP contribution is -1.95. The van der Waals surface area contributed by atoms with Crippen molar-refractivity contribution in [1.82, 2.24) is 0 Å². The Morgan fingerprint density at radius 1 is 1.45 bits per heavy atom. The van der Waals surface area contributed by atoms with Gasteiger partial charge in [0, 0.05) is 11.9 Å². The van der Waals surface area contributed by atoms with Gasteiger partial charge in [-0.2, -0.15) is 0 Å². The summed E-state index contributed by atoms with van der Waals surface area (Å²) >= 11 is 0. The summed E-state index contributed by atoms with van der Waals surface area (Å²) < 4.78 is 0. The molecule has 0 aromatic heterocycles. The van der Waals surface area contributed by atoms with Crippen LogP contribution in [0.15, 0.2) is 29.4 Å². The zero-order valence-corrected chi connectivity index (χ0v) is 7.72. The quantitative estimate of drug-likeness (QED) is 0.432. The third-order valence-electron chi connectivity index (χ3n) is 1.61. The fourth-order valence-electron chi connectivity index (χ4n) is 0.568. The van der Waals surface area contributed by atoms with E-state index in [0.717, 1.165) is 12.1 Å². The molecule has 11 heavy (non-hydrogen) atoms. The summed E-state index contributed by atoms with van der Waals surface area (Å²) in [5, 5.41) is 0. The molecule has 0 bridgehead atoms. The topological polar surface area (TPSA) is 12.4 Å². The molecule has 0 N–H and O–H groups in total. The van der Waals surface area contributed by atoms with Gasteiger partial charge in [-0.25, -0.2) is 0 Å². The van der Waals surface area contributed by atoms with Crippen LogP contribution in [0.5, 0.6) is 0 Å². The van der Waals surface area contributed by atoms with E-state index in [1.54, 1.807) is 0 Å². The summed E-state index contributed by atoms with van der Waals surface area (Å²) in [6.45, 7) is 13.6. The van der Waals surface area contributed by atoms with Gasteiger partial charge in [-0.15, -0.1) is 0 Å². The van der Waals surface area contributed by atoms with E-state index in [-0.39, 0.29) is 0 Å². The zero-order chi connectivity index (χ0) is 8.85. The van der Waals surface area contributed by atoms with Crippen molar-refractivity contribution in [3.05, 3.63) is 24.4 Å². The molecule has 1 nitrogen and oxygen atoms in total. The van der Waals surface area contributed by atoms with Crippen LogP contribution in [-0.2, 0) is 0 Å². The molecule has 0 aliphatic rings. The van der Waals surface area contributed by atoms with Gasteiger partial charge in [-0.1, -0.05) is 25.7 Å². The van der Waals surface area contributed by atoms with Crippen LogP contribution in [0.25, 0.3) is 0 Å². The molecule has 0 saturated heterocycles. The summed E-state index contributed by atoms with van der Waals surface area (Å²) in [4.78, 5) is 4.09. The molecule has 1 atom stereocenters. The molecule has 0 spiro atoms. The van der Waals surface area contributed by atoms with Crippen LogP contribution in [0.1, 0.15) is 27.2 Å². The van der Waals surface area contributed by atoms with Crippen molar-refractivity contribution in [1.29, 1.82) is 0 Å². The standard InChI is InChI=1S/C10H17N/c1-8(2)10(5)6-7-11-9(3)4/h7,10H,1,3,6H2,2,4-5H3. The number of hydrogen-bond acceptors (Lipinski definition) is 1. The first-order valence-corrected chi connectivity index (χ1v) is 3.87. The summed E-state index contributed by atoms with van der Waals surface area (Å²) in [5.74, 6) is 0.526. The van der Waals surface area contributed by atoms with Crippen molar-refractivity contribution in [3.8, 4) is 0 Å². The number of rotatable bonds is 4. The van der Waals surface area contributed by atoms with Crippen LogP contribution in [0, 0.1) is 5.92 Å². The molecule has 0 radical (unpaired) electrons. The minimum absolute atomic E-state index is 0.526. The Bertz CT molecular complexity index is 177. The summed E-state index contributed by atoms with van der Waals surface area (Å²) in [6.07, 6.45) is 2.86. The van der Waals surface area contributed by atoms with Gasteiger partial charge in [-0.3, -0.25) is 4.99 Å². The van der Waals surface area contributed by atoms with Crippen molar-refractivity contribution >= 4 is 6.21 Å². The third-order valence-corrected chi connectivity index (χ3v) is 1.61. The van der Waals surface area contributed by atoms with Crippen molar-refractivity contribution < 1.29 is 0 Å². The second kappa shape index (κ2) is 4.89. The van der Waals surface area contributed by atoms with Gasteiger partial charge in [0.2, 0.25) is 0 Å². The molecule has 1 heteroatoms. The molecule has 0 aromatic carbocycles. The second-order valence-electron chi connectivity index (χ2n) is 3.03. The molecule has 0 saturated carbocycles. The predicted octanol–water partition coefficient (Wildman–Crippen LogP) is 3.19. The smallest absolute Gasteiger partial charge is 0.0297 e. The van der Waals surface area contributed by atoms with E-state index in [0.29, 0.717) is 5.92 Å². The van der Waals surface area contributed by atoms with Gasteiger partial charge in [0.15, 0.2) is 0 Å². The average molecular weight is 151 g/mol. The van der Waals surface area contributed by atoms with Crippen molar-refractivity contribution in [2.75, 3.05) is 0 Å². The molecule has 0 aliphatic heterocycles. The van der Waals surface area contributed by atoms with Gasteiger partial charge >= 0.3 is 0 Å². The monoisotopic (exact) mass is 151 g/mol. The van der Waals surface area contributed by atoms with Crippen LogP contribution in [-0.4, -0.2) is 6.21 Å². The molecule has 0 aliphatic carbocycles. The fourth-order valence-corrected chi connectivity index (χ4v) is 0.568. The highest BCUT2D eigenvalue weighted by molar-refractivity contribution is 5.59. The minimum atomic E-state index is 0.526. The van der Waals surface area contributed by atoms with Crippen molar-refractivity contribution in [2.24, 2.45) is 10.9 Å². The lowest BCUT2D eigenvalue weighted by Gasteiger charge is -2.05. The van der Waals surface area contributed by atoms with E-state index in [1.165, 1.54) is 5.57 Å². The minimum Gasteiger partial charge on any atom is -0.267 e. The highest BCUT2D eigenvalue weighted by Crippen LogP contribution is 2.09. The van der Waals surface area contributed by atoms with Crippen LogP contribution in [0.2, 0.25) is 0 Å². The zero-order valence-electron chi connectivity index (χ0n) is 7.72. The van der Waals surface area contributed by atoms with E-state index in [9.17, 15) is 0 Å². The van der Waals surface area contributed by atoms with Crippen molar-refractivity contribution in [3.63, 3.8) is 0 Å². The van der Waals surface area contributed by atoms with Crippen LogP contribution in [0.3, 0.4) is 0 Å². The normalized spacial score (nSPS) is 13.4. The first-order chi connectivity index (χ1) is 5.04. The molecule has 1 unspecified atom stereocenters. The lowest BCUT2D eigenvalue weighted by atomic mass is 10.0. The van der Waals surface area contributed by atoms with E-state index < -0.39 is 0 Å². The SMILES string of the molecule is C=C(C)N=CCC(C)C(=C)C. The Morgan fingerprint density at radius 2 is 2.00 bits per heavy atom. The van der Waals surface area contributed by atoms with E-state index in [4.69, 9.17) is 0 Å². The number of hydrogen-bond donors (Lipinski definition) is 0. The summed E-state index contributed by atoms with van der Waals surface area (Å²) in [5.41, 5.74) is 2.07. The molecular formula is C10H17N.